The van der Waals surface area contributed by atoms with Gasteiger partial charge in [0.25, 0.3) is 0 Å². The summed E-state index contributed by atoms with van der Waals surface area (Å²) in [6.45, 7) is 3.05. The van der Waals surface area contributed by atoms with Crippen LogP contribution in [0.25, 0.3) is 0 Å². The SMILES string of the molecule is Cc1cc2c(cc1CNc1ccc(Br)cc1N)OCO2. The molecule has 0 saturated carbocycles. The highest BCUT2D eigenvalue weighted by molar-refractivity contribution is 9.10. The molecule has 0 bridgehead atoms. The van der Waals surface area contributed by atoms with Crippen molar-refractivity contribution in [3.63, 3.8) is 0 Å². The third kappa shape index (κ3) is 2.54. The Labute approximate surface area is 126 Å². The van der Waals surface area contributed by atoms with E-state index in [0.717, 1.165) is 38.5 Å². The standard InChI is InChI=1S/C15H15BrN2O2/c1-9-4-14-15(20-8-19-14)5-10(9)7-18-13-3-2-11(16)6-12(13)17/h2-6,18H,7-8,17H2,1H3. The van der Waals surface area contributed by atoms with Gasteiger partial charge in [0.1, 0.15) is 0 Å². The van der Waals surface area contributed by atoms with Gasteiger partial charge in [-0.05, 0) is 48.4 Å². The number of nitrogens with two attached hydrogens (primary N) is 1. The van der Waals surface area contributed by atoms with E-state index in [4.69, 9.17) is 15.2 Å². The highest BCUT2D eigenvalue weighted by Gasteiger charge is 2.15. The smallest absolute Gasteiger partial charge is 0.231 e. The number of hydrogen-bond acceptors (Lipinski definition) is 4. The molecule has 0 aliphatic carbocycles. The molecule has 20 heavy (non-hydrogen) atoms. The lowest BCUT2D eigenvalue weighted by molar-refractivity contribution is 0.174. The summed E-state index contributed by atoms with van der Waals surface area (Å²) in [5.41, 5.74) is 9.95. The van der Waals surface area contributed by atoms with Gasteiger partial charge in [0.05, 0.1) is 11.4 Å². The van der Waals surface area contributed by atoms with Crippen molar-refractivity contribution in [1.29, 1.82) is 0 Å². The molecule has 1 heterocycles. The first-order valence-corrected chi connectivity index (χ1v) is 7.11. The first kappa shape index (κ1) is 13.1. The van der Waals surface area contributed by atoms with Crippen molar-refractivity contribution in [3.8, 4) is 11.5 Å². The third-order valence-corrected chi connectivity index (χ3v) is 3.81. The van der Waals surface area contributed by atoms with Crippen LogP contribution in [0.3, 0.4) is 0 Å². The second kappa shape index (κ2) is 5.25. The summed E-state index contributed by atoms with van der Waals surface area (Å²) < 4.78 is 11.7. The minimum Gasteiger partial charge on any atom is -0.454 e. The number of benzene rings is 2. The second-order valence-corrected chi connectivity index (χ2v) is 5.63. The van der Waals surface area contributed by atoms with Gasteiger partial charge >= 0.3 is 0 Å². The zero-order valence-electron chi connectivity index (χ0n) is 11.1. The molecule has 0 saturated heterocycles. The largest absolute Gasteiger partial charge is 0.454 e. The zero-order valence-corrected chi connectivity index (χ0v) is 12.7. The maximum absolute atomic E-state index is 5.98. The van der Waals surface area contributed by atoms with E-state index in [1.165, 1.54) is 0 Å². The maximum Gasteiger partial charge on any atom is 0.231 e. The predicted molar refractivity (Wildman–Crippen MR) is 83.2 cm³/mol. The summed E-state index contributed by atoms with van der Waals surface area (Å²) >= 11 is 3.40. The fraction of sp³-hybridized carbons (Fsp3) is 0.200. The van der Waals surface area contributed by atoms with E-state index < -0.39 is 0 Å². The molecule has 0 spiro atoms. The highest BCUT2D eigenvalue weighted by atomic mass is 79.9. The Bertz CT molecular complexity index is 659. The summed E-state index contributed by atoms with van der Waals surface area (Å²) in [6.07, 6.45) is 0. The molecule has 4 nitrogen and oxygen atoms in total. The van der Waals surface area contributed by atoms with Crippen molar-refractivity contribution < 1.29 is 9.47 Å². The monoisotopic (exact) mass is 334 g/mol. The Morgan fingerprint density at radius 1 is 1.20 bits per heavy atom. The lowest BCUT2D eigenvalue weighted by Gasteiger charge is -2.12. The summed E-state index contributed by atoms with van der Waals surface area (Å²) in [5.74, 6) is 1.62. The van der Waals surface area contributed by atoms with Gasteiger partial charge in [-0.15, -0.1) is 0 Å². The number of halogens is 1. The van der Waals surface area contributed by atoms with Crippen LogP contribution in [0.5, 0.6) is 11.5 Å². The molecule has 0 amide bonds. The Morgan fingerprint density at radius 3 is 2.70 bits per heavy atom. The molecule has 0 radical (unpaired) electrons. The molecular formula is C15H15BrN2O2. The molecule has 0 aromatic heterocycles. The number of fused-ring (bicyclic) bond motifs is 1. The van der Waals surface area contributed by atoms with Gasteiger partial charge in [-0.3, -0.25) is 0 Å². The van der Waals surface area contributed by atoms with Crippen LogP contribution >= 0.6 is 15.9 Å². The first-order chi connectivity index (χ1) is 9.63. The summed E-state index contributed by atoms with van der Waals surface area (Å²) in [5, 5.41) is 3.35. The highest BCUT2D eigenvalue weighted by Crippen LogP contribution is 2.35. The first-order valence-electron chi connectivity index (χ1n) is 6.31. The van der Waals surface area contributed by atoms with E-state index in [1.807, 2.05) is 30.3 Å². The molecule has 5 heteroatoms. The van der Waals surface area contributed by atoms with Crippen molar-refractivity contribution >= 4 is 27.3 Å². The third-order valence-electron chi connectivity index (χ3n) is 3.31. The van der Waals surface area contributed by atoms with Crippen LogP contribution in [0, 0.1) is 6.92 Å². The number of nitrogens with one attached hydrogen (secondary N) is 1. The van der Waals surface area contributed by atoms with Crippen LogP contribution in [0.4, 0.5) is 11.4 Å². The Balaban J connectivity index is 1.78. The number of ether oxygens (including phenoxy) is 2. The predicted octanol–water partition coefficient (Wildman–Crippen LogP) is 3.68. The normalized spacial score (nSPS) is 12.5. The number of hydrogen-bond donors (Lipinski definition) is 2. The quantitative estimate of drug-likeness (QED) is 0.840. The van der Waals surface area contributed by atoms with Crippen LogP contribution in [-0.2, 0) is 6.54 Å². The molecule has 0 fully saturated rings. The molecular weight excluding hydrogens is 320 g/mol. The van der Waals surface area contributed by atoms with E-state index in [1.54, 1.807) is 0 Å². The zero-order chi connectivity index (χ0) is 14.1. The van der Waals surface area contributed by atoms with Crippen LogP contribution in [-0.4, -0.2) is 6.79 Å². The van der Waals surface area contributed by atoms with Crippen LogP contribution in [0.1, 0.15) is 11.1 Å². The molecule has 1 aliphatic rings. The average molecular weight is 335 g/mol. The molecule has 0 atom stereocenters. The van der Waals surface area contributed by atoms with Crippen molar-refractivity contribution in [3.05, 3.63) is 45.9 Å². The topological polar surface area (TPSA) is 56.5 Å². The van der Waals surface area contributed by atoms with Gasteiger partial charge in [-0.25, -0.2) is 0 Å². The molecule has 1 aliphatic heterocycles. The molecule has 0 unspecified atom stereocenters. The number of aryl methyl sites for hydroxylation is 1. The van der Waals surface area contributed by atoms with Gasteiger partial charge in [0.15, 0.2) is 11.5 Å². The van der Waals surface area contributed by atoms with Gasteiger partial charge < -0.3 is 20.5 Å². The lowest BCUT2D eigenvalue weighted by Crippen LogP contribution is -2.04. The van der Waals surface area contributed by atoms with Crippen LogP contribution < -0.4 is 20.5 Å². The van der Waals surface area contributed by atoms with Gasteiger partial charge in [0, 0.05) is 11.0 Å². The van der Waals surface area contributed by atoms with Crippen molar-refractivity contribution in [1.82, 2.24) is 0 Å². The summed E-state index contributed by atoms with van der Waals surface area (Å²) in [6, 6.07) is 9.83. The van der Waals surface area contributed by atoms with E-state index >= 15 is 0 Å². The molecule has 2 aromatic rings. The average Bonchev–Trinajstić information content (AvgIpc) is 2.84. The Morgan fingerprint density at radius 2 is 1.95 bits per heavy atom. The van der Waals surface area contributed by atoms with E-state index in [0.29, 0.717) is 13.3 Å². The molecule has 104 valence electrons. The fourth-order valence-corrected chi connectivity index (χ4v) is 2.54. The number of rotatable bonds is 3. The molecule has 3 N–H and O–H groups in total. The van der Waals surface area contributed by atoms with Crippen LogP contribution in [0.15, 0.2) is 34.8 Å². The van der Waals surface area contributed by atoms with Gasteiger partial charge in [-0.1, -0.05) is 15.9 Å². The Hall–Kier alpha value is -1.88. The van der Waals surface area contributed by atoms with E-state index in [9.17, 15) is 0 Å². The Kier molecular flexibility index (Phi) is 3.44. The van der Waals surface area contributed by atoms with Crippen molar-refractivity contribution in [2.24, 2.45) is 0 Å². The summed E-state index contributed by atoms with van der Waals surface area (Å²) in [7, 11) is 0. The number of anilines is 2. The molecule has 3 rings (SSSR count). The van der Waals surface area contributed by atoms with Crippen molar-refractivity contribution in [2.45, 2.75) is 13.5 Å². The van der Waals surface area contributed by atoms with Crippen molar-refractivity contribution in [2.75, 3.05) is 17.8 Å². The molecule has 2 aromatic carbocycles. The minimum atomic E-state index is 0.297. The lowest BCUT2D eigenvalue weighted by atomic mass is 10.1. The minimum absolute atomic E-state index is 0.297. The van der Waals surface area contributed by atoms with Gasteiger partial charge in [0.2, 0.25) is 6.79 Å². The van der Waals surface area contributed by atoms with E-state index in [2.05, 4.69) is 28.2 Å². The number of nitrogen functional groups attached to an aromatic ring is 1. The van der Waals surface area contributed by atoms with E-state index in [-0.39, 0.29) is 0 Å². The van der Waals surface area contributed by atoms with Gasteiger partial charge in [-0.2, -0.15) is 0 Å². The summed E-state index contributed by atoms with van der Waals surface area (Å²) in [4.78, 5) is 0. The fourth-order valence-electron chi connectivity index (χ4n) is 2.16. The maximum atomic E-state index is 5.98. The second-order valence-electron chi connectivity index (χ2n) is 4.72. The van der Waals surface area contributed by atoms with Crippen LogP contribution in [0.2, 0.25) is 0 Å².